The van der Waals surface area contributed by atoms with E-state index >= 15 is 0 Å². The average molecular weight is 210 g/mol. The van der Waals surface area contributed by atoms with Crippen LogP contribution in [-0.2, 0) is 11.8 Å². The topological polar surface area (TPSA) is 57.2 Å². The molecule has 1 heterocycles. The second-order valence-corrected chi connectivity index (χ2v) is 3.79. The normalized spacial score (nSPS) is 12.6. The predicted octanol–water partition coefficient (Wildman–Crippen LogP) is 1.18. The molecule has 0 saturated heterocycles. The number of carbonyl (C=O) groups is 1. The molecule has 0 radical (unpaired) electrons. The lowest BCUT2D eigenvalue weighted by molar-refractivity contribution is 0.0588. The summed E-state index contributed by atoms with van der Waals surface area (Å²) in [6, 6.07) is 1.99. The van der Waals surface area contributed by atoms with Crippen LogP contribution in [0, 0.1) is 6.92 Å². The zero-order chi connectivity index (χ0) is 11.6. The second kappa shape index (κ2) is 4.49. The first kappa shape index (κ1) is 11.8. The number of hydrogen-bond donors (Lipinski definition) is 1. The molecule has 0 bridgehead atoms. The largest absolute Gasteiger partial charge is 0.464 e. The van der Waals surface area contributed by atoms with Crippen LogP contribution in [0.1, 0.15) is 34.6 Å². The summed E-state index contributed by atoms with van der Waals surface area (Å²) in [5, 5.41) is 0. The van der Waals surface area contributed by atoms with Gasteiger partial charge in [0.2, 0.25) is 0 Å². The van der Waals surface area contributed by atoms with Gasteiger partial charge in [-0.15, -0.1) is 0 Å². The lowest BCUT2D eigenvalue weighted by Crippen LogP contribution is -2.15. The Bertz CT molecular complexity index is 369. The number of esters is 1. The molecule has 4 nitrogen and oxygen atoms in total. The minimum atomic E-state index is -0.300. The standard InChI is InChI=1S/C11H18N2O2/c1-7-5-9(8(2)6-12)13(3)10(7)11(14)15-4/h5,8H,6,12H2,1-4H3. The fourth-order valence-corrected chi connectivity index (χ4v) is 1.77. The van der Waals surface area contributed by atoms with Crippen molar-refractivity contribution in [1.29, 1.82) is 0 Å². The number of nitrogens with zero attached hydrogens (tertiary/aromatic N) is 1. The van der Waals surface area contributed by atoms with Crippen LogP contribution in [0.5, 0.6) is 0 Å². The molecule has 1 unspecified atom stereocenters. The van der Waals surface area contributed by atoms with Gasteiger partial charge in [0, 0.05) is 25.2 Å². The van der Waals surface area contributed by atoms with Crippen molar-refractivity contribution in [1.82, 2.24) is 4.57 Å². The third-order valence-electron chi connectivity index (χ3n) is 2.70. The maximum absolute atomic E-state index is 11.5. The molecule has 0 aliphatic rings. The van der Waals surface area contributed by atoms with E-state index in [1.54, 1.807) is 0 Å². The number of aryl methyl sites for hydroxylation is 1. The molecule has 0 spiro atoms. The summed E-state index contributed by atoms with van der Waals surface area (Å²) >= 11 is 0. The number of rotatable bonds is 3. The van der Waals surface area contributed by atoms with Gasteiger partial charge in [0.1, 0.15) is 5.69 Å². The number of carbonyl (C=O) groups excluding carboxylic acids is 1. The fourth-order valence-electron chi connectivity index (χ4n) is 1.77. The molecule has 0 saturated carbocycles. The van der Waals surface area contributed by atoms with E-state index in [1.165, 1.54) is 7.11 Å². The SMILES string of the molecule is COC(=O)c1c(C)cc(C(C)CN)n1C. The molecule has 0 aliphatic carbocycles. The molecule has 1 aromatic heterocycles. The number of ether oxygens (including phenoxy) is 1. The van der Waals surface area contributed by atoms with Crippen LogP contribution in [0.15, 0.2) is 6.07 Å². The lowest BCUT2D eigenvalue weighted by Gasteiger charge is -2.11. The molecule has 0 aromatic carbocycles. The Morgan fingerprint density at radius 2 is 2.27 bits per heavy atom. The van der Waals surface area contributed by atoms with Crippen molar-refractivity contribution in [3.05, 3.63) is 23.0 Å². The third kappa shape index (κ3) is 2.04. The molecule has 84 valence electrons. The van der Waals surface area contributed by atoms with Gasteiger partial charge in [-0.25, -0.2) is 4.79 Å². The minimum absolute atomic E-state index is 0.243. The molecule has 2 N–H and O–H groups in total. The van der Waals surface area contributed by atoms with Crippen molar-refractivity contribution < 1.29 is 9.53 Å². The Balaban J connectivity index is 3.20. The van der Waals surface area contributed by atoms with Gasteiger partial charge in [-0.2, -0.15) is 0 Å². The van der Waals surface area contributed by atoms with Crippen molar-refractivity contribution in [2.75, 3.05) is 13.7 Å². The maximum atomic E-state index is 11.5. The molecule has 0 aliphatic heterocycles. The first-order valence-electron chi connectivity index (χ1n) is 4.97. The second-order valence-electron chi connectivity index (χ2n) is 3.79. The smallest absolute Gasteiger partial charge is 0.354 e. The predicted molar refractivity (Wildman–Crippen MR) is 59.0 cm³/mol. The highest BCUT2D eigenvalue weighted by Gasteiger charge is 2.19. The van der Waals surface area contributed by atoms with E-state index < -0.39 is 0 Å². The highest BCUT2D eigenvalue weighted by Crippen LogP contribution is 2.21. The first-order valence-corrected chi connectivity index (χ1v) is 4.97. The maximum Gasteiger partial charge on any atom is 0.354 e. The third-order valence-corrected chi connectivity index (χ3v) is 2.70. The van der Waals surface area contributed by atoms with Crippen LogP contribution in [-0.4, -0.2) is 24.2 Å². The highest BCUT2D eigenvalue weighted by molar-refractivity contribution is 5.89. The van der Waals surface area contributed by atoms with Crippen LogP contribution >= 0.6 is 0 Å². The van der Waals surface area contributed by atoms with E-state index in [-0.39, 0.29) is 11.9 Å². The molecular formula is C11H18N2O2. The van der Waals surface area contributed by atoms with Gasteiger partial charge in [0.15, 0.2) is 0 Å². The summed E-state index contributed by atoms with van der Waals surface area (Å²) in [5.41, 5.74) is 8.21. The van der Waals surface area contributed by atoms with Gasteiger partial charge in [-0.3, -0.25) is 0 Å². The molecule has 1 aromatic rings. The van der Waals surface area contributed by atoms with Crippen molar-refractivity contribution in [3.8, 4) is 0 Å². The molecule has 0 fully saturated rings. The summed E-state index contributed by atoms with van der Waals surface area (Å²) in [6.45, 7) is 4.51. The Morgan fingerprint density at radius 3 is 2.73 bits per heavy atom. The van der Waals surface area contributed by atoms with Crippen LogP contribution in [0.4, 0.5) is 0 Å². The Hall–Kier alpha value is -1.29. The molecule has 1 atom stereocenters. The number of hydrogen-bond acceptors (Lipinski definition) is 3. The number of aromatic nitrogens is 1. The first-order chi connectivity index (χ1) is 7.02. The molecular weight excluding hydrogens is 192 g/mol. The van der Waals surface area contributed by atoms with Crippen molar-refractivity contribution >= 4 is 5.97 Å². The minimum Gasteiger partial charge on any atom is -0.464 e. The van der Waals surface area contributed by atoms with Crippen molar-refractivity contribution in [2.45, 2.75) is 19.8 Å². The molecule has 15 heavy (non-hydrogen) atoms. The molecule has 0 amide bonds. The molecule has 1 rings (SSSR count). The fraction of sp³-hybridized carbons (Fsp3) is 0.545. The van der Waals surface area contributed by atoms with Gasteiger partial charge in [0.05, 0.1) is 7.11 Å². The van der Waals surface area contributed by atoms with Crippen LogP contribution < -0.4 is 5.73 Å². The summed E-state index contributed by atoms with van der Waals surface area (Å²) in [7, 11) is 3.25. The van der Waals surface area contributed by atoms with Crippen molar-refractivity contribution in [2.24, 2.45) is 12.8 Å². The zero-order valence-electron chi connectivity index (χ0n) is 9.70. The Morgan fingerprint density at radius 1 is 1.67 bits per heavy atom. The lowest BCUT2D eigenvalue weighted by atomic mass is 10.1. The average Bonchev–Trinajstić information content (AvgIpc) is 2.52. The number of methoxy groups -OCH3 is 1. The van der Waals surface area contributed by atoms with Gasteiger partial charge in [0.25, 0.3) is 0 Å². The molecule has 4 heteroatoms. The van der Waals surface area contributed by atoms with Crippen LogP contribution in [0.25, 0.3) is 0 Å². The van der Waals surface area contributed by atoms with Gasteiger partial charge >= 0.3 is 5.97 Å². The van der Waals surface area contributed by atoms with E-state index in [2.05, 4.69) is 0 Å². The highest BCUT2D eigenvalue weighted by atomic mass is 16.5. The summed E-state index contributed by atoms with van der Waals surface area (Å²) in [4.78, 5) is 11.5. The zero-order valence-corrected chi connectivity index (χ0v) is 9.70. The van der Waals surface area contributed by atoms with Gasteiger partial charge < -0.3 is 15.0 Å². The summed E-state index contributed by atoms with van der Waals surface area (Å²) in [5.74, 6) is -0.0578. The summed E-state index contributed by atoms with van der Waals surface area (Å²) in [6.07, 6.45) is 0. The Kier molecular flexibility index (Phi) is 3.52. The van der Waals surface area contributed by atoms with E-state index in [9.17, 15) is 4.79 Å². The quantitative estimate of drug-likeness (QED) is 0.762. The van der Waals surface area contributed by atoms with Crippen LogP contribution in [0.3, 0.4) is 0 Å². The summed E-state index contributed by atoms with van der Waals surface area (Å²) < 4.78 is 6.59. The van der Waals surface area contributed by atoms with E-state index in [1.807, 2.05) is 31.5 Å². The monoisotopic (exact) mass is 210 g/mol. The van der Waals surface area contributed by atoms with E-state index in [0.29, 0.717) is 12.2 Å². The van der Waals surface area contributed by atoms with E-state index in [4.69, 9.17) is 10.5 Å². The van der Waals surface area contributed by atoms with Gasteiger partial charge in [-0.05, 0) is 18.6 Å². The van der Waals surface area contributed by atoms with Crippen LogP contribution in [0.2, 0.25) is 0 Å². The number of nitrogens with two attached hydrogens (primary N) is 1. The van der Waals surface area contributed by atoms with E-state index in [0.717, 1.165) is 11.3 Å². The Labute approximate surface area is 90.0 Å². The van der Waals surface area contributed by atoms with Crippen molar-refractivity contribution in [3.63, 3.8) is 0 Å². The van der Waals surface area contributed by atoms with Gasteiger partial charge in [-0.1, -0.05) is 6.92 Å².